The fraction of sp³-hybridized carbons (Fsp3) is 0.167. The minimum Gasteiger partial charge on any atom is -0.248 e. The van der Waals surface area contributed by atoms with Crippen molar-refractivity contribution in [3.63, 3.8) is 0 Å². The van der Waals surface area contributed by atoms with Crippen LogP contribution in [-0.4, -0.2) is 4.98 Å². The summed E-state index contributed by atoms with van der Waals surface area (Å²) in [6, 6.07) is 16.8. The normalized spacial score (nSPS) is 10.9. The van der Waals surface area contributed by atoms with Crippen molar-refractivity contribution in [3.8, 4) is 11.3 Å². The average molecular weight is 247 g/mol. The third kappa shape index (κ3) is 2.01. The molecule has 3 aromatic rings. The van der Waals surface area contributed by atoms with Crippen molar-refractivity contribution in [3.05, 3.63) is 65.2 Å². The molecule has 0 aliphatic rings. The van der Waals surface area contributed by atoms with Crippen LogP contribution in [0.2, 0.25) is 0 Å². The molecule has 0 atom stereocenters. The van der Waals surface area contributed by atoms with Gasteiger partial charge in [0.15, 0.2) is 0 Å². The predicted octanol–water partition coefficient (Wildman–Crippen LogP) is 4.83. The number of fused-ring (bicyclic) bond motifs is 1. The highest BCUT2D eigenvalue weighted by atomic mass is 14.7. The molecule has 1 heteroatoms. The Hall–Kier alpha value is -2.15. The van der Waals surface area contributed by atoms with E-state index in [0.29, 0.717) is 0 Å². The molecule has 0 aliphatic carbocycles. The van der Waals surface area contributed by atoms with E-state index < -0.39 is 0 Å². The SMILES string of the molecule is Cc1ccc(-c2ccc3ccccc3n2)c(C)c1C. The van der Waals surface area contributed by atoms with E-state index >= 15 is 0 Å². The van der Waals surface area contributed by atoms with Crippen molar-refractivity contribution >= 4 is 10.9 Å². The first-order valence-electron chi connectivity index (χ1n) is 6.60. The van der Waals surface area contributed by atoms with Gasteiger partial charge in [-0.05, 0) is 49.6 Å². The minimum atomic E-state index is 1.05. The number of aryl methyl sites for hydroxylation is 1. The van der Waals surface area contributed by atoms with Crippen LogP contribution in [0.25, 0.3) is 22.2 Å². The Labute approximate surface area is 113 Å². The molecule has 0 N–H and O–H groups in total. The summed E-state index contributed by atoms with van der Waals surface area (Å²) >= 11 is 0. The van der Waals surface area contributed by atoms with Crippen LogP contribution < -0.4 is 0 Å². The van der Waals surface area contributed by atoms with Gasteiger partial charge in [0, 0.05) is 10.9 Å². The molecule has 0 amide bonds. The molecule has 2 aromatic carbocycles. The van der Waals surface area contributed by atoms with Crippen molar-refractivity contribution in [2.24, 2.45) is 0 Å². The largest absolute Gasteiger partial charge is 0.248 e. The van der Waals surface area contributed by atoms with Crippen LogP contribution >= 0.6 is 0 Å². The van der Waals surface area contributed by atoms with Gasteiger partial charge in [-0.15, -0.1) is 0 Å². The van der Waals surface area contributed by atoms with Crippen LogP contribution in [0.1, 0.15) is 16.7 Å². The first-order valence-corrected chi connectivity index (χ1v) is 6.60. The summed E-state index contributed by atoms with van der Waals surface area (Å²) in [7, 11) is 0. The molecule has 3 rings (SSSR count). The lowest BCUT2D eigenvalue weighted by molar-refractivity contribution is 1.25. The fourth-order valence-electron chi connectivity index (χ4n) is 2.45. The Morgan fingerprint density at radius 2 is 1.53 bits per heavy atom. The second-order valence-corrected chi connectivity index (χ2v) is 5.07. The molecule has 0 unspecified atom stereocenters. The number of pyridine rings is 1. The Bertz CT molecular complexity index is 757. The van der Waals surface area contributed by atoms with Gasteiger partial charge in [-0.25, -0.2) is 4.98 Å². The molecule has 0 aliphatic heterocycles. The highest BCUT2D eigenvalue weighted by Crippen LogP contribution is 2.27. The van der Waals surface area contributed by atoms with E-state index in [1.54, 1.807) is 0 Å². The van der Waals surface area contributed by atoms with Gasteiger partial charge in [0.25, 0.3) is 0 Å². The topological polar surface area (TPSA) is 12.9 Å². The quantitative estimate of drug-likeness (QED) is 0.600. The van der Waals surface area contributed by atoms with Crippen molar-refractivity contribution in [1.29, 1.82) is 0 Å². The highest BCUT2D eigenvalue weighted by molar-refractivity contribution is 5.82. The van der Waals surface area contributed by atoms with Gasteiger partial charge in [0.05, 0.1) is 11.2 Å². The third-order valence-corrected chi connectivity index (χ3v) is 3.93. The van der Waals surface area contributed by atoms with Gasteiger partial charge in [-0.1, -0.05) is 36.4 Å². The molecule has 1 nitrogen and oxygen atoms in total. The first kappa shape index (κ1) is 11.9. The van der Waals surface area contributed by atoms with Crippen LogP contribution in [0.5, 0.6) is 0 Å². The average Bonchev–Trinajstić information content (AvgIpc) is 2.44. The van der Waals surface area contributed by atoms with Gasteiger partial charge in [0.2, 0.25) is 0 Å². The van der Waals surface area contributed by atoms with E-state index in [-0.39, 0.29) is 0 Å². The predicted molar refractivity (Wildman–Crippen MR) is 81.4 cm³/mol. The molecule has 0 radical (unpaired) electrons. The van der Waals surface area contributed by atoms with Gasteiger partial charge in [-0.2, -0.15) is 0 Å². The van der Waals surface area contributed by atoms with Gasteiger partial charge < -0.3 is 0 Å². The standard InChI is InChI=1S/C18H17N/c1-12-8-10-16(14(3)13(12)2)18-11-9-15-6-4-5-7-17(15)19-18/h4-11H,1-3H3. The van der Waals surface area contributed by atoms with Crippen LogP contribution in [-0.2, 0) is 0 Å². The monoisotopic (exact) mass is 247 g/mol. The van der Waals surface area contributed by atoms with E-state index in [1.807, 2.05) is 12.1 Å². The molecular weight excluding hydrogens is 230 g/mol. The molecule has 1 aromatic heterocycles. The van der Waals surface area contributed by atoms with Crippen LogP contribution in [0, 0.1) is 20.8 Å². The molecule has 0 saturated carbocycles. The zero-order valence-corrected chi connectivity index (χ0v) is 11.6. The highest BCUT2D eigenvalue weighted by Gasteiger charge is 2.07. The van der Waals surface area contributed by atoms with Crippen LogP contribution in [0.4, 0.5) is 0 Å². The Morgan fingerprint density at radius 3 is 2.37 bits per heavy atom. The lowest BCUT2D eigenvalue weighted by Crippen LogP contribution is -1.93. The van der Waals surface area contributed by atoms with Crippen molar-refractivity contribution in [2.75, 3.05) is 0 Å². The van der Waals surface area contributed by atoms with E-state index in [9.17, 15) is 0 Å². The van der Waals surface area contributed by atoms with Gasteiger partial charge in [-0.3, -0.25) is 0 Å². The smallest absolute Gasteiger partial charge is 0.0712 e. The van der Waals surface area contributed by atoms with Crippen LogP contribution in [0.3, 0.4) is 0 Å². The molecule has 0 bridgehead atoms. The lowest BCUT2D eigenvalue weighted by Gasteiger charge is -2.11. The lowest BCUT2D eigenvalue weighted by atomic mass is 9.96. The number of hydrogen-bond donors (Lipinski definition) is 0. The second-order valence-electron chi connectivity index (χ2n) is 5.07. The molecule has 0 fully saturated rings. The summed E-state index contributed by atoms with van der Waals surface area (Å²) in [4.78, 5) is 4.78. The zero-order valence-electron chi connectivity index (χ0n) is 11.6. The first-order chi connectivity index (χ1) is 9.16. The number of benzene rings is 2. The van der Waals surface area contributed by atoms with Gasteiger partial charge >= 0.3 is 0 Å². The minimum absolute atomic E-state index is 1.05. The molecule has 1 heterocycles. The number of hydrogen-bond acceptors (Lipinski definition) is 1. The maximum absolute atomic E-state index is 4.78. The molecular formula is C18H17N. The van der Waals surface area contributed by atoms with Gasteiger partial charge in [0.1, 0.15) is 0 Å². The summed E-state index contributed by atoms with van der Waals surface area (Å²) < 4.78 is 0. The fourth-order valence-corrected chi connectivity index (χ4v) is 2.45. The maximum Gasteiger partial charge on any atom is 0.0712 e. The van der Waals surface area contributed by atoms with Crippen molar-refractivity contribution < 1.29 is 0 Å². The van der Waals surface area contributed by atoms with E-state index in [4.69, 9.17) is 4.98 Å². The number of aromatic nitrogens is 1. The van der Waals surface area contributed by atoms with Crippen LogP contribution in [0.15, 0.2) is 48.5 Å². The number of nitrogens with zero attached hydrogens (tertiary/aromatic N) is 1. The number of para-hydroxylation sites is 1. The summed E-state index contributed by atoms with van der Waals surface area (Å²) in [5.41, 5.74) is 7.35. The van der Waals surface area contributed by atoms with Crippen molar-refractivity contribution in [2.45, 2.75) is 20.8 Å². The maximum atomic E-state index is 4.78. The second kappa shape index (κ2) is 4.51. The summed E-state index contributed by atoms with van der Waals surface area (Å²) in [6.07, 6.45) is 0. The summed E-state index contributed by atoms with van der Waals surface area (Å²) in [5, 5.41) is 1.19. The summed E-state index contributed by atoms with van der Waals surface area (Å²) in [5.74, 6) is 0. The summed E-state index contributed by atoms with van der Waals surface area (Å²) in [6.45, 7) is 6.50. The Morgan fingerprint density at radius 1 is 0.737 bits per heavy atom. The molecule has 19 heavy (non-hydrogen) atoms. The zero-order chi connectivity index (χ0) is 13.4. The van der Waals surface area contributed by atoms with E-state index in [1.165, 1.54) is 27.6 Å². The number of rotatable bonds is 1. The molecule has 94 valence electrons. The Kier molecular flexibility index (Phi) is 2.83. The van der Waals surface area contributed by atoms with E-state index in [2.05, 4.69) is 57.2 Å². The Balaban J connectivity index is 2.22. The third-order valence-electron chi connectivity index (χ3n) is 3.93. The van der Waals surface area contributed by atoms with E-state index in [0.717, 1.165) is 11.2 Å². The molecule has 0 saturated heterocycles. The molecule has 0 spiro atoms. The van der Waals surface area contributed by atoms with Crippen molar-refractivity contribution in [1.82, 2.24) is 4.98 Å².